The number of fused-ring (bicyclic) bond motifs is 1. The molecule has 31 heavy (non-hydrogen) atoms. The van der Waals surface area contributed by atoms with Gasteiger partial charge in [-0.1, -0.05) is 55.7 Å². The molecule has 0 bridgehead atoms. The topological polar surface area (TPSA) is 62.6 Å². The average Bonchev–Trinajstić information content (AvgIpc) is 3.33. The lowest BCUT2D eigenvalue weighted by molar-refractivity contribution is -0.124. The first-order valence-electron chi connectivity index (χ1n) is 11.0. The van der Waals surface area contributed by atoms with Crippen molar-refractivity contribution in [2.45, 2.75) is 50.1 Å². The fourth-order valence-electron chi connectivity index (χ4n) is 5.39. The third kappa shape index (κ3) is 3.34. The zero-order valence-corrected chi connectivity index (χ0v) is 17.4. The van der Waals surface area contributed by atoms with Gasteiger partial charge in [-0.2, -0.15) is 0 Å². The molecule has 2 aliphatic rings. The number of hydrogen-bond donors (Lipinski definition) is 1. The lowest BCUT2D eigenvalue weighted by Crippen LogP contribution is -2.63. The second-order valence-corrected chi connectivity index (χ2v) is 8.46. The van der Waals surface area contributed by atoms with Crippen molar-refractivity contribution in [1.29, 1.82) is 0 Å². The summed E-state index contributed by atoms with van der Waals surface area (Å²) in [6.45, 7) is 0.333. The SMILES string of the molecule is O=C(NCc1ccco1)[C@@H]1c2ccccc2C(=O)N(c2ccccc2)C12CCCCC2. The van der Waals surface area contributed by atoms with E-state index in [4.69, 9.17) is 4.42 Å². The minimum absolute atomic E-state index is 0.0150. The van der Waals surface area contributed by atoms with Gasteiger partial charge in [0.05, 0.1) is 24.3 Å². The van der Waals surface area contributed by atoms with Crippen LogP contribution >= 0.6 is 0 Å². The summed E-state index contributed by atoms with van der Waals surface area (Å²) in [7, 11) is 0. The molecule has 1 spiro atoms. The molecule has 0 radical (unpaired) electrons. The fraction of sp³-hybridized carbons (Fsp3) is 0.308. The van der Waals surface area contributed by atoms with Gasteiger partial charge in [0, 0.05) is 11.3 Å². The molecule has 1 saturated carbocycles. The van der Waals surface area contributed by atoms with Crippen molar-refractivity contribution >= 4 is 17.5 Å². The third-order valence-corrected chi connectivity index (χ3v) is 6.70. The van der Waals surface area contributed by atoms with Gasteiger partial charge >= 0.3 is 0 Å². The molecule has 1 N–H and O–H groups in total. The highest BCUT2D eigenvalue weighted by molar-refractivity contribution is 6.12. The van der Waals surface area contributed by atoms with Gasteiger partial charge in [-0.25, -0.2) is 0 Å². The highest BCUT2D eigenvalue weighted by atomic mass is 16.3. The maximum Gasteiger partial charge on any atom is 0.259 e. The van der Waals surface area contributed by atoms with Gasteiger partial charge in [0.25, 0.3) is 5.91 Å². The number of hydrogen-bond acceptors (Lipinski definition) is 3. The van der Waals surface area contributed by atoms with Gasteiger partial charge in [0.1, 0.15) is 5.76 Å². The molecule has 158 valence electrons. The van der Waals surface area contributed by atoms with Gasteiger partial charge in [0.2, 0.25) is 5.91 Å². The van der Waals surface area contributed by atoms with E-state index in [2.05, 4.69) is 5.32 Å². The molecule has 3 aromatic rings. The molecule has 1 atom stereocenters. The van der Waals surface area contributed by atoms with Gasteiger partial charge in [-0.15, -0.1) is 0 Å². The van der Waals surface area contributed by atoms with Crippen molar-refractivity contribution in [3.63, 3.8) is 0 Å². The smallest absolute Gasteiger partial charge is 0.259 e. The number of anilines is 1. The Morgan fingerprint density at radius 2 is 1.71 bits per heavy atom. The van der Waals surface area contributed by atoms with Crippen LogP contribution in [0.4, 0.5) is 5.69 Å². The minimum Gasteiger partial charge on any atom is -0.467 e. The van der Waals surface area contributed by atoms with E-state index in [1.54, 1.807) is 6.26 Å². The number of para-hydroxylation sites is 1. The fourth-order valence-corrected chi connectivity index (χ4v) is 5.39. The molecule has 2 amide bonds. The average molecular weight is 415 g/mol. The number of furan rings is 1. The summed E-state index contributed by atoms with van der Waals surface area (Å²) in [4.78, 5) is 29.4. The molecular formula is C26H26N2O3. The van der Waals surface area contributed by atoms with Crippen molar-refractivity contribution in [1.82, 2.24) is 5.32 Å². The van der Waals surface area contributed by atoms with Crippen LogP contribution in [0.5, 0.6) is 0 Å². The Labute approximate surface area is 182 Å². The van der Waals surface area contributed by atoms with Crippen LogP contribution in [0.1, 0.15) is 59.7 Å². The summed E-state index contributed by atoms with van der Waals surface area (Å²) in [5.41, 5.74) is 1.73. The predicted molar refractivity (Wildman–Crippen MR) is 119 cm³/mol. The first-order chi connectivity index (χ1) is 15.2. The molecule has 0 saturated heterocycles. The molecular weight excluding hydrogens is 388 g/mol. The third-order valence-electron chi connectivity index (χ3n) is 6.70. The van der Waals surface area contributed by atoms with E-state index >= 15 is 0 Å². The lowest BCUT2D eigenvalue weighted by Gasteiger charge is -2.53. The Morgan fingerprint density at radius 1 is 0.968 bits per heavy atom. The summed E-state index contributed by atoms with van der Waals surface area (Å²) < 4.78 is 5.41. The molecule has 5 heteroatoms. The zero-order chi connectivity index (χ0) is 21.3. The zero-order valence-electron chi connectivity index (χ0n) is 17.4. The van der Waals surface area contributed by atoms with Gasteiger partial charge in [-0.3, -0.25) is 9.59 Å². The van der Waals surface area contributed by atoms with Crippen LogP contribution in [0, 0.1) is 0 Å². The normalized spacial score (nSPS) is 19.8. The van der Waals surface area contributed by atoms with Crippen molar-refractivity contribution in [2.24, 2.45) is 0 Å². The molecule has 2 aromatic carbocycles. The molecule has 5 nitrogen and oxygen atoms in total. The van der Waals surface area contributed by atoms with Crippen LogP contribution in [0.15, 0.2) is 77.4 Å². The van der Waals surface area contributed by atoms with E-state index in [-0.39, 0.29) is 11.8 Å². The lowest BCUT2D eigenvalue weighted by atomic mass is 9.65. The molecule has 1 aliphatic heterocycles. The summed E-state index contributed by atoms with van der Waals surface area (Å²) in [5, 5.41) is 3.08. The first kappa shape index (κ1) is 19.6. The van der Waals surface area contributed by atoms with Gasteiger partial charge < -0.3 is 14.6 Å². The summed E-state index contributed by atoms with van der Waals surface area (Å²) >= 11 is 0. The monoisotopic (exact) mass is 414 g/mol. The number of rotatable bonds is 4. The largest absolute Gasteiger partial charge is 0.467 e. The number of amides is 2. The second kappa shape index (κ2) is 8.06. The Bertz CT molecular complexity index is 1070. The maximum atomic E-state index is 13.8. The van der Waals surface area contributed by atoms with Crippen LogP contribution in [-0.2, 0) is 11.3 Å². The predicted octanol–water partition coefficient (Wildman–Crippen LogP) is 5.04. The number of benzene rings is 2. The highest BCUT2D eigenvalue weighted by Gasteiger charge is 2.55. The van der Waals surface area contributed by atoms with E-state index in [1.165, 1.54) is 0 Å². The van der Waals surface area contributed by atoms with Crippen molar-refractivity contribution in [3.8, 4) is 0 Å². The van der Waals surface area contributed by atoms with Crippen LogP contribution in [0.2, 0.25) is 0 Å². The molecule has 1 aromatic heterocycles. The van der Waals surface area contributed by atoms with Crippen molar-refractivity contribution in [3.05, 3.63) is 89.9 Å². The molecule has 5 rings (SSSR count). The van der Waals surface area contributed by atoms with Crippen LogP contribution < -0.4 is 10.2 Å². The van der Waals surface area contributed by atoms with Crippen molar-refractivity contribution < 1.29 is 14.0 Å². The summed E-state index contributed by atoms with van der Waals surface area (Å²) in [5.74, 6) is 0.209. The van der Waals surface area contributed by atoms with E-state index in [0.29, 0.717) is 17.9 Å². The first-order valence-corrected chi connectivity index (χ1v) is 11.0. The van der Waals surface area contributed by atoms with E-state index in [0.717, 1.165) is 43.4 Å². The quantitative estimate of drug-likeness (QED) is 0.650. The number of carbonyl (C=O) groups is 2. The molecule has 2 heterocycles. The van der Waals surface area contributed by atoms with Crippen LogP contribution in [-0.4, -0.2) is 17.4 Å². The van der Waals surface area contributed by atoms with E-state index < -0.39 is 11.5 Å². The Balaban J connectivity index is 1.63. The minimum atomic E-state index is -0.571. The Hall–Kier alpha value is -3.34. The second-order valence-electron chi connectivity index (χ2n) is 8.46. The number of carbonyl (C=O) groups excluding carboxylic acids is 2. The standard InChI is InChI=1S/C26H26N2O3/c29-24(27-18-20-12-9-17-31-20)23-21-13-5-6-14-22(21)25(30)28(19-10-3-1-4-11-19)26(23)15-7-2-8-16-26/h1,3-6,9-14,17,23H,2,7-8,15-16,18H2,(H,27,29)/t23-/m0/s1. The van der Waals surface area contributed by atoms with Gasteiger partial charge in [0.15, 0.2) is 0 Å². The molecule has 1 fully saturated rings. The van der Waals surface area contributed by atoms with Crippen molar-refractivity contribution in [2.75, 3.05) is 4.90 Å². The molecule has 0 unspecified atom stereocenters. The Kier molecular flexibility index (Phi) is 5.10. The number of nitrogens with zero attached hydrogens (tertiary/aromatic N) is 1. The summed E-state index contributed by atoms with van der Waals surface area (Å²) in [6, 6.07) is 21.1. The Morgan fingerprint density at radius 3 is 2.45 bits per heavy atom. The summed E-state index contributed by atoms with van der Waals surface area (Å²) in [6.07, 6.45) is 6.35. The van der Waals surface area contributed by atoms with Crippen LogP contribution in [0.3, 0.4) is 0 Å². The van der Waals surface area contributed by atoms with Crippen LogP contribution in [0.25, 0.3) is 0 Å². The van der Waals surface area contributed by atoms with E-state index in [9.17, 15) is 9.59 Å². The molecule has 1 aliphatic carbocycles. The van der Waals surface area contributed by atoms with Gasteiger partial charge in [-0.05, 0) is 48.7 Å². The highest BCUT2D eigenvalue weighted by Crippen LogP contribution is 2.50. The van der Waals surface area contributed by atoms with E-state index in [1.807, 2.05) is 71.6 Å². The maximum absolute atomic E-state index is 13.8. The number of nitrogens with one attached hydrogen (secondary N) is 1.